The second-order valence-electron chi connectivity index (χ2n) is 5.39. The molecule has 2 aliphatic rings. The van der Waals surface area contributed by atoms with E-state index in [4.69, 9.17) is 21.1 Å². The third-order valence-electron chi connectivity index (χ3n) is 3.82. The molecule has 5 nitrogen and oxygen atoms in total. The number of halogens is 1. The molecule has 2 heterocycles. The van der Waals surface area contributed by atoms with Gasteiger partial charge >= 0.3 is 0 Å². The van der Waals surface area contributed by atoms with Crippen LogP contribution in [0.5, 0.6) is 5.75 Å². The summed E-state index contributed by atoms with van der Waals surface area (Å²) in [5.74, 6) is 0.569. The zero-order valence-electron chi connectivity index (χ0n) is 12.0. The highest BCUT2D eigenvalue weighted by atomic mass is 35.5. The fraction of sp³-hybridized carbons (Fsp3) is 0.533. The fourth-order valence-electron chi connectivity index (χ4n) is 2.54. The van der Waals surface area contributed by atoms with Crippen molar-refractivity contribution in [1.29, 1.82) is 0 Å². The van der Waals surface area contributed by atoms with Gasteiger partial charge in [-0.1, -0.05) is 6.07 Å². The lowest BCUT2D eigenvalue weighted by molar-refractivity contribution is -0.122. The SMILES string of the molecule is CC1Oc2ccc(C(Cl)CN3CCOCC3)cc2NC1=O. The number of morpholine rings is 1. The van der Waals surface area contributed by atoms with Gasteiger partial charge in [-0.15, -0.1) is 11.6 Å². The molecule has 0 saturated carbocycles. The molecule has 0 aromatic heterocycles. The maximum Gasteiger partial charge on any atom is 0.265 e. The van der Waals surface area contributed by atoms with Crippen LogP contribution in [0.4, 0.5) is 5.69 Å². The van der Waals surface area contributed by atoms with Crippen LogP contribution in [0.25, 0.3) is 0 Å². The Kier molecular flexibility index (Phi) is 4.33. The van der Waals surface area contributed by atoms with E-state index in [9.17, 15) is 4.79 Å². The minimum absolute atomic E-state index is 0.121. The number of rotatable bonds is 3. The average Bonchev–Trinajstić information content (AvgIpc) is 2.49. The maximum atomic E-state index is 11.7. The summed E-state index contributed by atoms with van der Waals surface area (Å²) in [4.78, 5) is 14.0. The lowest BCUT2D eigenvalue weighted by atomic mass is 10.1. The monoisotopic (exact) mass is 310 g/mol. The van der Waals surface area contributed by atoms with Crippen molar-refractivity contribution in [3.8, 4) is 5.75 Å². The van der Waals surface area contributed by atoms with Gasteiger partial charge in [0, 0.05) is 19.6 Å². The van der Waals surface area contributed by atoms with Crippen LogP contribution in [0.1, 0.15) is 17.9 Å². The zero-order valence-corrected chi connectivity index (χ0v) is 12.7. The molecule has 1 aromatic carbocycles. The van der Waals surface area contributed by atoms with Gasteiger partial charge in [0.25, 0.3) is 5.91 Å². The minimum atomic E-state index is -0.455. The largest absolute Gasteiger partial charge is 0.479 e. The summed E-state index contributed by atoms with van der Waals surface area (Å²) < 4.78 is 10.9. The Morgan fingerprint density at radius 2 is 2.19 bits per heavy atom. The zero-order chi connectivity index (χ0) is 14.8. The Hall–Kier alpha value is -1.30. The molecule has 0 radical (unpaired) electrons. The molecular formula is C15H19ClN2O3. The van der Waals surface area contributed by atoms with Gasteiger partial charge < -0.3 is 14.8 Å². The van der Waals surface area contributed by atoms with Crippen LogP contribution in [0.2, 0.25) is 0 Å². The van der Waals surface area contributed by atoms with E-state index in [0.717, 1.165) is 38.4 Å². The number of ether oxygens (including phenoxy) is 2. The van der Waals surface area contributed by atoms with Crippen molar-refractivity contribution in [2.24, 2.45) is 0 Å². The van der Waals surface area contributed by atoms with E-state index in [1.165, 1.54) is 0 Å². The fourth-order valence-corrected chi connectivity index (χ4v) is 2.87. The molecule has 6 heteroatoms. The van der Waals surface area contributed by atoms with Crippen molar-refractivity contribution in [2.75, 3.05) is 38.2 Å². The highest BCUT2D eigenvalue weighted by Crippen LogP contribution is 2.34. The van der Waals surface area contributed by atoms with Crippen molar-refractivity contribution in [3.05, 3.63) is 23.8 Å². The summed E-state index contributed by atoms with van der Waals surface area (Å²) in [6, 6.07) is 5.73. The molecule has 21 heavy (non-hydrogen) atoms. The molecule has 0 bridgehead atoms. The average molecular weight is 311 g/mol. The maximum absolute atomic E-state index is 11.7. The summed E-state index contributed by atoms with van der Waals surface area (Å²) in [6.45, 7) is 5.84. The van der Waals surface area contributed by atoms with Gasteiger partial charge in [-0.05, 0) is 24.6 Å². The summed E-state index contributed by atoms with van der Waals surface area (Å²) in [7, 11) is 0. The van der Waals surface area contributed by atoms with E-state index < -0.39 is 6.10 Å². The molecule has 1 fully saturated rings. The van der Waals surface area contributed by atoms with Crippen molar-refractivity contribution in [3.63, 3.8) is 0 Å². The van der Waals surface area contributed by atoms with E-state index in [1.807, 2.05) is 18.2 Å². The van der Waals surface area contributed by atoms with Crippen molar-refractivity contribution < 1.29 is 14.3 Å². The standard InChI is InChI=1S/C15H19ClN2O3/c1-10-15(19)17-13-8-11(2-3-14(13)21-10)12(16)9-18-4-6-20-7-5-18/h2-3,8,10,12H,4-7,9H2,1H3,(H,17,19). The molecule has 2 aliphatic heterocycles. The Labute approximate surface area is 129 Å². The van der Waals surface area contributed by atoms with Crippen LogP contribution in [-0.4, -0.2) is 49.8 Å². The summed E-state index contributed by atoms with van der Waals surface area (Å²) >= 11 is 6.51. The van der Waals surface area contributed by atoms with E-state index in [1.54, 1.807) is 6.92 Å². The van der Waals surface area contributed by atoms with E-state index in [0.29, 0.717) is 11.4 Å². The van der Waals surface area contributed by atoms with Gasteiger partial charge in [0.1, 0.15) is 5.75 Å². The highest BCUT2D eigenvalue weighted by Gasteiger charge is 2.25. The van der Waals surface area contributed by atoms with Gasteiger partial charge in [0.2, 0.25) is 0 Å². The van der Waals surface area contributed by atoms with Crippen LogP contribution >= 0.6 is 11.6 Å². The smallest absolute Gasteiger partial charge is 0.265 e. The number of fused-ring (bicyclic) bond motifs is 1. The van der Waals surface area contributed by atoms with Crippen molar-refractivity contribution in [2.45, 2.75) is 18.4 Å². The molecule has 1 saturated heterocycles. The van der Waals surface area contributed by atoms with Gasteiger partial charge in [0.15, 0.2) is 6.10 Å². The Morgan fingerprint density at radius 3 is 2.95 bits per heavy atom. The number of anilines is 1. The van der Waals surface area contributed by atoms with Crippen LogP contribution in [-0.2, 0) is 9.53 Å². The van der Waals surface area contributed by atoms with E-state index in [2.05, 4.69) is 10.2 Å². The number of nitrogens with zero attached hydrogens (tertiary/aromatic N) is 1. The number of alkyl halides is 1. The molecule has 114 valence electrons. The number of carbonyl (C=O) groups is 1. The number of benzene rings is 1. The van der Waals surface area contributed by atoms with Gasteiger partial charge in [0.05, 0.1) is 24.3 Å². The third-order valence-corrected chi connectivity index (χ3v) is 4.21. The number of hydrogen-bond donors (Lipinski definition) is 1. The van der Waals surface area contributed by atoms with Gasteiger partial charge in [-0.3, -0.25) is 9.69 Å². The number of carbonyl (C=O) groups excluding carboxylic acids is 1. The number of amides is 1. The molecule has 1 amide bonds. The first-order valence-electron chi connectivity index (χ1n) is 7.19. The predicted molar refractivity (Wildman–Crippen MR) is 81.0 cm³/mol. The molecular weight excluding hydrogens is 292 g/mol. The second-order valence-corrected chi connectivity index (χ2v) is 5.91. The van der Waals surface area contributed by atoms with Crippen molar-refractivity contribution >= 4 is 23.2 Å². The third kappa shape index (κ3) is 3.31. The summed E-state index contributed by atoms with van der Waals surface area (Å²) in [5.41, 5.74) is 1.68. The number of nitrogens with one attached hydrogen (secondary N) is 1. The van der Waals surface area contributed by atoms with E-state index in [-0.39, 0.29) is 11.3 Å². The molecule has 1 aromatic rings. The Bertz CT molecular complexity index is 532. The lowest BCUT2D eigenvalue weighted by Gasteiger charge is -2.29. The van der Waals surface area contributed by atoms with Gasteiger partial charge in [-0.2, -0.15) is 0 Å². The predicted octanol–water partition coefficient (Wildman–Crippen LogP) is 2.02. The molecule has 0 spiro atoms. The molecule has 3 rings (SSSR count). The molecule has 2 unspecified atom stereocenters. The van der Waals surface area contributed by atoms with E-state index >= 15 is 0 Å². The first-order chi connectivity index (χ1) is 10.1. The first-order valence-corrected chi connectivity index (χ1v) is 7.63. The quantitative estimate of drug-likeness (QED) is 0.868. The first kappa shape index (κ1) is 14.6. The second kappa shape index (κ2) is 6.22. The Morgan fingerprint density at radius 1 is 1.43 bits per heavy atom. The van der Waals surface area contributed by atoms with Crippen LogP contribution in [0.15, 0.2) is 18.2 Å². The lowest BCUT2D eigenvalue weighted by Crippen LogP contribution is -2.38. The summed E-state index contributed by atoms with van der Waals surface area (Å²) in [5, 5.41) is 2.73. The van der Waals surface area contributed by atoms with Crippen LogP contribution < -0.4 is 10.1 Å². The molecule has 2 atom stereocenters. The summed E-state index contributed by atoms with van der Waals surface area (Å²) in [6.07, 6.45) is -0.455. The van der Waals surface area contributed by atoms with Crippen molar-refractivity contribution in [1.82, 2.24) is 4.90 Å². The topological polar surface area (TPSA) is 50.8 Å². The molecule has 0 aliphatic carbocycles. The highest BCUT2D eigenvalue weighted by molar-refractivity contribution is 6.21. The number of hydrogen-bond acceptors (Lipinski definition) is 4. The van der Waals surface area contributed by atoms with Gasteiger partial charge in [-0.25, -0.2) is 0 Å². The normalized spacial score (nSPS) is 23.9. The molecule has 1 N–H and O–H groups in total. The Balaban J connectivity index is 1.71. The minimum Gasteiger partial charge on any atom is -0.479 e. The van der Waals surface area contributed by atoms with Crippen LogP contribution in [0.3, 0.4) is 0 Å². The van der Waals surface area contributed by atoms with Crippen LogP contribution in [0, 0.1) is 0 Å².